The standard InChI is InChI=1S/C13H14IN3O/c14-11-5-3-10(4-6-11)13-15-9-17(16-13)12-2-1-7-18-8-12/h3-6,9,12H,1-2,7-8H2. The predicted molar refractivity (Wildman–Crippen MR) is 77.3 cm³/mol. The molecule has 0 spiro atoms. The Morgan fingerprint density at radius 3 is 2.83 bits per heavy atom. The van der Waals surface area contributed by atoms with Crippen LogP contribution in [0.2, 0.25) is 0 Å². The summed E-state index contributed by atoms with van der Waals surface area (Å²) in [5.74, 6) is 0.789. The van der Waals surface area contributed by atoms with Crippen LogP contribution in [0.25, 0.3) is 11.4 Å². The molecule has 1 aromatic heterocycles. The molecule has 4 nitrogen and oxygen atoms in total. The Labute approximate surface area is 120 Å². The lowest BCUT2D eigenvalue weighted by Gasteiger charge is -2.21. The molecule has 0 N–H and O–H groups in total. The summed E-state index contributed by atoms with van der Waals surface area (Å²) in [6, 6.07) is 8.59. The zero-order chi connectivity index (χ0) is 12.4. The second-order valence-corrected chi connectivity index (χ2v) is 5.67. The molecule has 1 saturated heterocycles. The summed E-state index contributed by atoms with van der Waals surface area (Å²) in [6.07, 6.45) is 4.03. The van der Waals surface area contributed by atoms with Gasteiger partial charge in [0, 0.05) is 15.7 Å². The maximum Gasteiger partial charge on any atom is 0.181 e. The Morgan fingerprint density at radius 1 is 1.28 bits per heavy atom. The van der Waals surface area contributed by atoms with Crippen molar-refractivity contribution in [1.82, 2.24) is 14.8 Å². The molecule has 5 heteroatoms. The smallest absolute Gasteiger partial charge is 0.181 e. The van der Waals surface area contributed by atoms with Crippen molar-refractivity contribution in [2.24, 2.45) is 0 Å². The van der Waals surface area contributed by atoms with E-state index in [-0.39, 0.29) is 0 Å². The van der Waals surface area contributed by atoms with Gasteiger partial charge in [0.25, 0.3) is 0 Å². The molecule has 1 aromatic carbocycles. The van der Waals surface area contributed by atoms with Crippen LogP contribution in [-0.2, 0) is 4.74 Å². The number of hydrogen-bond donors (Lipinski definition) is 0. The highest BCUT2D eigenvalue weighted by atomic mass is 127. The zero-order valence-electron chi connectivity index (χ0n) is 9.92. The summed E-state index contributed by atoms with van der Waals surface area (Å²) >= 11 is 2.29. The molecule has 2 aromatic rings. The van der Waals surface area contributed by atoms with E-state index in [0.717, 1.165) is 37.4 Å². The third kappa shape index (κ3) is 2.56. The summed E-state index contributed by atoms with van der Waals surface area (Å²) in [4.78, 5) is 4.39. The highest BCUT2D eigenvalue weighted by Gasteiger charge is 2.17. The van der Waals surface area contributed by atoms with Crippen molar-refractivity contribution in [3.05, 3.63) is 34.2 Å². The Balaban J connectivity index is 1.82. The molecule has 0 aliphatic carbocycles. The molecule has 1 aliphatic heterocycles. The fraction of sp³-hybridized carbons (Fsp3) is 0.385. The molecule has 0 amide bonds. The molecular weight excluding hydrogens is 341 g/mol. The first-order valence-electron chi connectivity index (χ1n) is 6.08. The summed E-state index contributed by atoms with van der Waals surface area (Å²) < 4.78 is 8.63. The van der Waals surface area contributed by atoms with Gasteiger partial charge in [-0.15, -0.1) is 0 Å². The maximum atomic E-state index is 5.48. The molecule has 94 valence electrons. The minimum atomic E-state index is 0.337. The van der Waals surface area contributed by atoms with Crippen LogP contribution in [0, 0.1) is 3.57 Å². The van der Waals surface area contributed by atoms with Crippen molar-refractivity contribution in [3.63, 3.8) is 0 Å². The first kappa shape index (κ1) is 12.1. The van der Waals surface area contributed by atoms with E-state index in [2.05, 4.69) is 56.9 Å². The van der Waals surface area contributed by atoms with E-state index in [0.29, 0.717) is 6.04 Å². The summed E-state index contributed by atoms with van der Waals surface area (Å²) in [6.45, 7) is 1.62. The van der Waals surface area contributed by atoms with E-state index >= 15 is 0 Å². The van der Waals surface area contributed by atoms with Gasteiger partial charge in [-0.05, 0) is 47.6 Å². The zero-order valence-corrected chi connectivity index (χ0v) is 12.1. The molecule has 0 radical (unpaired) electrons. The molecule has 18 heavy (non-hydrogen) atoms. The normalized spacial score (nSPS) is 19.9. The van der Waals surface area contributed by atoms with Crippen LogP contribution in [0.1, 0.15) is 18.9 Å². The Kier molecular flexibility index (Phi) is 3.60. The van der Waals surface area contributed by atoms with E-state index in [1.807, 2.05) is 11.0 Å². The number of benzene rings is 1. The van der Waals surface area contributed by atoms with Crippen LogP contribution in [0.5, 0.6) is 0 Å². The van der Waals surface area contributed by atoms with E-state index in [1.54, 1.807) is 0 Å². The fourth-order valence-corrected chi connectivity index (χ4v) is 2.47. The average molecular weight is 355 g/mol. The van der Waals surface area contributed by atoms with Crippen LogP contribution < -0.4 is 0 Å². The largest absolute Gasteiger partial charge is 0.379 e. The minimum absolute atomic E-state index is 0.337. The maximum absolute atomic E-state index is 5.48. The van der Waals surface area contributed by atoms with Crippen LogP contribution in [0.15, 0.2) is 30.6 Å². The van der Waals surface area contributed by atoms with Gasteiger partial charge < -0.3 is 4.74 Å². The molecule has 0 saturated carbocycles. The monoisotopic (exact) mass is 355 g/mol. The SMILES string of the molecule is Ic1ccc(-c2ncn(C3CCCOC3)n2)cc1. The van der Waals surface area contributed by atoms with Gasteiger partial charge in [-0.1, -0.05) is 12.1 Å². The van der Waals surface area contributed by atoms with Crippen LogP contribution in [0.4, 0.5) is 0 Å². The number of ether oxygens (including phenoxy) is 1. The Bertz CT molecular complexity index is 517. The Morgan fingerprint density at radius 2 is 2.11 bits per heavy atom. The summed E-state index contributed by atoms with van der Waals surface area (Å²) in [7, 11) is 0. The van der Waals surface area contributed by atoms with E-state index < -0.39 is 0 Å². The molecule has 3 rings (SSSR count). The molecule has 1 atom stereocenters. The Hall–Kier alpha value is -0.950. The van der Waals surface area contributed by atoms with Gasteiger partial charge in [0.1, 0.15) is 6.33 Å². The van der Waals surface area contributed by atoms with Gasteiger partial charge in [0.15, 0.2) is 5.82 Å². The number of aromatic nitrogens is 3. The second-order valence-electron chi connectivity index (χ2n) is 4.43. The molecule has 2 heterocycles. The van der Waals surface area contributed by atoms with E-state index in [4.69, 9.17) is 4.74 Å². The second kappa shape index (κ2) is 5.36. The lowest BCUT2D eigenvalue weighted by Crippen LogP contribution is -2.21. The van der Waals surface area contributed by atoms with Gasteiger partial charge >= 0.3 is 0 Å². The highest BCUT2D eigenvalue weighted by Crippen LogP contribution is 2.21. The minimum Gasteiger partial charge on any atom is -0.379 e. The topological polar surface area (TPSA) is 39.9 Å². The number of nitrogens with zero attached hydrogens (tertiary/aromatic N) is 3. The van der Waals surface area contributed by atoms with E-state index in [9.17, 15) is 0 Å². The van der Waals surface area contributed by atoms with Crippen LogP contribution >= 0.6 is 22.6 Å². The summed E-state index contributed by atoms with van der Waals surface area (Å²) in [5, 5.41) is 4.56. The predicted octanol–water partition coefficient (Wildman–Crippen LogP) is 2.90. The van der Waals surface area contributed by atoms with Crippen molar-refractivity contribution in [2.45, 2.75) is 18.9 Å². The molecular formula is C13H14IN3O. The molecule has 1 aliphatic rings. The van der Waals surface area contributed by atoms with E-state index in [1.165, 1.54) is 3.57 Å². The van der Waals surface area contributed by atoms with Gasteiger partial charge in [-0.25, -0.2) is 9.67 Å². The number of rotatable bonds is 2. The number of hydrogen-bond acceptors (Lipinski definition) is 3. The lowest BCUT2D eigenvalue weighted by molar-refractivity contribution is 0.0549. The molecule has 0 bridgehead atoms. The fourth-order valence-electron chi connectivity index (χ4n) is 2.11. The average Bonchev–Trinajstić information content (AvgIpc) is 2.90. The molecule has 1 unspecified atom stereocenters. The van der Waals surface area contributed by atoms with Gasteiger partial charge in [-0.3, -0.25) is 0 Å². The van der Waals surface area contributed by atoms with Gasteiger partial charge in [-0.2, -0.15) is 5.10 Å². The third-order valence-corrected chi connectivity index (χ3v) is 3.84. The van der Waals surface area contributed by atoms with Gasteiger partial charge in [0.05, 0.1) is 12.6 Å². The third-order valence-electron chi connectivity index (χ3n) is 3.12. The first-order chi connectivity index (χ1) is 8.83. The lowest BCUT2D eigenvalue weighted by atomic mass is 10.1. The number of halogens is 1. The van der Waals surface area contributed by atoms with Gasteiger partial charge in [0.2, 0.25) is 0 Å². The summed E-state index contributed by atoms with van der Waals surface area (Å²) in [5.41, 5.74) is 1.06. The highest BCUT2D eigenvalue weighted by molar-refractivity contribution is 14.1. The van der Waals surface area contributed by atoms with Crippen molar-refractivity contribution in [2.75, 3.05) is 13.2 Å². The van der Waals surface area contributed by atoms with Crippen molar-refractivity contribution in [3.8, 4) is 11.4 Å². The van der Waals surface area contributed by atoms with Crippen LogP contribution in [0.3, 0.4) is 0 Å². The first-order valence-corrected chi connectivity index (χ1v) is 7.15. The molecule has 1 fully saturated rings. The quantitative estimate of drug-likeness (QED) is 0.778. The van der Waals surface area contributed by atoms with Crippen molar-refractivity contribution >= 4 is 22.6 Å². The van der Waals surface area contributed by atoms with Crippen LogP contribution in [-0.4, -0.2) is 28.0 Å². The van der Waals surface area contributed by atoms with Crippen molar-refractivity contribution in [1.29, 1.82) is 0 Å². The van der Waals surface area contributed by atoms with Crippen molar-refractivity contribution < 1.29 is 4.74 Å².